The van der Waals surface area contributed by atoms with E-state index in [-0.39, 0.29) is 0 Å². The molecule has 84 valence electrons. The first-order chi connectivity index (χ1) is 7.89. The van der Waals surface area contributed by atoms with Crippen molar-refractivity contribution in [3.05, 3.63) is 34.9 Å². The highest BCUT2D eigenvalue weighted by Crippen LogP contribution is 2.58. The molecule has 0 bridgehead atoms. The summed E-state index contributed by atoms with van der Waals surface area (Å²) in [5.41, 5.74) is 5.69. The lowest BCUT2D eigenvalue weighted by molar-refractivity contribution is 0.453. The molecule has 0 amide bonds. The Hall–Kier alpha value is -0.820. The second-order valence-electron chi connectivity index (χ2n) is 5.86. The second kappa shape index (κ2) is 3.10. The normalized spacial score (nSPS) is 29.6. The fourth-order valence-corrected chi connectivity index (χ4v) is 3.90. The highest BCUT2D eigenvalue weighted by Gasteiger charge is 2.48. The molecule has 1 nitrogen and oxygen atoms in total. The first-order valence-corrected chi connectivity index (χ1v) is 6.72. The van der Waals surface area contributed by atoms with Gasteiger partial charge in [0.05, 0.1) is 0 Å². The number of nitrogens with one attached hydrogen (secondary N) is 1. The quantitative estimate of drug-likeness (QED) is 0.698. The molecule has 16 heavy (non-hydrogen) atoms. The molecule has 1 spiro atoms. The first-order valence-electron chi connectivity index (χ1n) is 6.72. The minimum Gasteiger partial charge on any atom is -0.313 e. The predicted octanol–water partition coefficient (Wildman–Crippen LogP) is 3.09. The third kappa shape index (κ3) is 1.15. The molecule has 1 aromatic carbocycles. The molecule has 1 fully saturated rings. The van der Waals surface area contributed by atoms with E-state index in [0.29, 0.717) is 5.41 Å². The largest absolute Gasteiger partial charge is 0.313 e. The molecule has 4 rings (SSSR count). The Bertz CT molecular complexity index is 431. The van der Waals surface area contributed by atoms with E-state index in [2.05, 4.69) is 23.5 Å². The number of rotatable bonds is 0. The Morgan fingerprint density at radius 2 is 2.06 bits per heavy atom. The summed E-state index contributed by atoms with van der Waals surface area (Å²) in [6.45, 7) is 2.29. The van der Waals surface area contributed by atoms with Crippen LogP contribution in [0.3, 0.4) is 0 Å². The smallest absolute Gasteiger partial charge is 0.0208 e. The van der Waals surface area contributed by atoms with E-state index < -0.39 is 0 Å². The average molecular weight is 213 g/mol. The monoisotopic (exact) mass is 213 g/mol. The highest BCUT2D eigenvalue weighted by atomic mass is 14.9. The maximum Gasteiger partial charge on any atom is 0.0208 e. The second-order valence-corrected chi connectivity index (χ2v) is 5.86. The molecular weight excluding hydrogens is 194 g/mol. The van der Waals surface area contributed by atoms with Crippen LogP contribution in [0.2, 0.25) is 0 Å². The SMILES string of the molecule is c1cc2c3c(c1)C1(CC[C@@H]3CCNC2)CC1. The molecule has 3 aliphatic rings. The van der Waals surface area contributed by atoms with Crippen LogP contribution in [0.15, 0.2) is 18.2 Å². The molecule has 0 unspecified atom stereocenters. The van der Waals surface area contributed by atoms with Gasteiger partial charge >= 0.3 is 0 Å². The first kappa shape index (κ1) is 9.23. The lowest BCUT2D eigenvalue weighted by atomic mass is 9.72. The van der Waals surface area contributed by atoms with Gasteiger partial charge < -0.3 is 5.32 Å². The lowest BCUT2D eigenvalue weighted by Gasteiger charge is -2.32. The fourth-order valence-electron chi connectivity index (χ4n) is 3.90. The molecular formula is C15H19N. The van der Waals surface area contributed by atoms with Crippen molar-refractivity contribution < 1.29 is 0 Å². The summed E-state index contributed by atoms with van der Waals surface area (Å²) < 4.78 is 0. The van der Waals surface area contributed by atoms with Gasteiger partial charge in [0.2, 0.25) is 0 Å². The Morgan fingerprint density at radius 3 is 2.94 bits per heavy atom. The van der Waals surface area contributed by atoms with Crippen molar-refractivity contribution in [2.45, 2.75) is 50.0 Å². The minimum absolute atomic E-state index is 0.631. The maximum absolute atomic E-state index is 3.57. The number of hydrogen-bond acceptors (Lipinski definition) is 1. The molecule has 1 atom stereocenters. The molecule has 1 N–H and O–H groups in total. The fraction of sp³-hybridized carbons (Fsp3) is 0.600. The zero-order chi connectivity index (χ0) is 10.6. The van der Waals surface area contributed by atoms with Gasteiger partial charge in [-0.2, -0.15) is 0 Å². The lowest BCUT2D eigenvalue weighted by Crippen LogP contribution is -2.20. The van der Waals surface area contributed by atoms with Crippen molar-refractivity contribution in [3.8, 4) is 0 Å². The molecule has 0 radical (unpaired) electrons. The Labute approximate surface area is 97.2 Å². The van der Waals surface area contributed by atoms with Crippen molar-refractivity contribution >= 4 is 0 Å². The van der Waals surface area contributed by atoms with Crippen molar-refractivity contribution in [1.82, 2.24) is 5.32 Å². The Morgan fingerprint density at radius 1 is 1.12 bits per heavy atom. The summed E-state index contributed by atoms with van der Waals surface area (Å²) in [5, 5.41) is 3.57. The van der Waals surface area contributed by atoms with Crippen molar-refractivity contribution in [2.24, 2.45) is 0 Å². The van der Waals surface area contributed by atoms with Crippen LogP contribution in [0.1, 0.15) is 54.7 Å². The van der Waals surface area contributed by atoms with Gasteiger partial charge in [0.15, 0.2) is 0 Å². The molecule has 1 heterocycles. The molecule has 0 saturated heterocycles. The third-order valence-electron chi connectivity index (χ3n) is 4.99. The van der Waals surface area contributed by atoms with Gasteiger partial charge in [-0.3, -0.25) is 0 Å². The summed E-state index contributed by atoms with van der Waals surface area (Å²) in [4.78, 5) is 0. The van der Waals surface area contributed by atoms with Gasteiger partial charge in [0.1, 0.15) is 0 Å². The van der Waals surface area contributed by atoms with Gasteiger partial charge in [0, 0.05) is 6.54 Å². The van der Waals surface area contributed by atoms with Gasteiger partial charge in [-0.15, -0.1) is 0 Å². The van der Waals surface area contributed by atoms with Crippen molar-refractivity contribution in [3.63, 3.8) is 0 Å². The van der Waals surface area contributed by atoms with Crippen LogP contribution in [-0.4, -0.2) is 6.54 Å². The van der Waals surface area contributed by atoms with E-state index in [1.54, 1.807) is 16.7 Å². The van der Waals surface area contributed by atoms with Crippen LogP contribution >= 0.6 is 0 Å². The van der Waals surface area contributed by atoms with E-state index in [4.69, 9.17) is 0 Å². The molecule has 1 heteroatoms. The summed E-state index contributed by atoms with van der Waals surface area (Å²) in [6, 6.07) is 7.04. The molecule has 1 aromatic rings. The predicted molar refractivity (Wildman–Crippen MR) is 65.7 cm³/mol. The summed E-state index contributed by atoms with van der Waals surface area (Å²) >= 11 is 0. The molecule has 0 aromatic heterocycles. The highest BCUT2D eigenvalue weighted by molar-refractivity contribution is 5.47. The Balaban J connectivity index is 1.93. The number of benzene rings is 1. The Kier molecular flexibility index (Phi) is 1.79. The van der Waals surface area contributed by atoms with E-state index >= 15 is 0 Å². The summed E-state index contributed by atoms with van der Waals surface area (Å²) in [6.07, 6.45) is 7.13. The van der Waals surface area contributed by atoms with Crippen molar-refractivity contribution in [2.75, 3.05) is 6.54 Å². The van der Waals surface area contributed by atoms with E-state index in [1.807, 2.05) is 0 Å². The molecule has 1 saturated carbocycles. The van der Waals surface area contributed by atoms with Crippen LogP contribution in [0.4, 0.5) is 0 Å². The van der Waals surface area contributed by atoms with Crippen LogP contribution in [0.5, 0.6) is 0 Å². The van der Waals surface area contributed by atoms with Gasteiger partial charge in [-0.25, -0.2) is 0 Å². The van der Waals surface area contributed by atoms with Gasteiger partial charge in [-0.05, 0) is 66.7 Å². The topological polar surface area (TPSA) is 12.0 Å². The summed E-state index contributed by atoms with van der Waals surface area (Å²) in [5.74, 6) is 0.854. The van der Waals surface area contributed by atoms with Crippen LogP contribution < -0.4 is 5.32 Å². The zero-order valence-electron chi connectivity index (χ0n) is 9.76. The minimum atomic E-state index is 0.631. The molecule has 2 aliphatic carbocycles. The summed E-state index contributed by atoms with van der Waals surface area (Å²) in [7, 11) is 0. The maximum atomic E-state index is 3.57. The van der Waals surface area contributed by atoms with E-state index in [0.717, 1.165) is 12.5 Å². The zero-order valence-corrected chi connectivity index (χ0v) is 9.76. The van der Waals surface area contributed by atoms with E-state index in [9.17, 15) is 0 Å². The van der Waals surface area contributed by atoms with Crippen molar-refractivity contribution in [1.29, 1.82) is 0 Å². The number of fused-ring (bicyclic) bond motifs is 1. The molecule has 1 aliphatic heterocycles. The van der Waals surface area contributed by atoms with E-state index in [1.165, 1.54) is 38.6 Å². The standard InChI is InChI=1S/C15H19N/c1-2-12-10-16-9-5-11-4-6-15(7-8-15)13(3-1)14(11)12/h1-3,11,16H,4-10H2/t11-/m1/s1. The van der Waals surface area contributed by atoms with Crippen LogP contribution in [0.25, 0.3) is 0 Å². The third-order valence-corrected chi connectivity index (χ3v) is 4.99. The average Bonchev–Trinajstić information content (AvgIpc) is 3.09. The van der Waals surface area contributed by atoms with Crippen LogP contribution in [0, 0.1) is 0 Å². The van der Waals surface area contributed by atoms with Gasteiger partial charge in [0.25, 0.3) is 0 Å². The number of hydrogen-bond donors (Lipinski definition) is 1. The van der Waals surface area contributed by atoms with Crippen LogP contribution in [-0.2, 0) is 12.0 Å². The van der Waals surface area contributed by atoms with Gasteiger partial charge in [-0.1, -0.05) is 18.2 Å².